The molecule has 0 aliphatic carbocycles. The molecule has 2 saturated heterocycles. The van der Waals surface area contributed by atoms with Crippen molar-refractivity contribution in [2.45, 2.75) is 19.4 Å². The fraction of sp³-hybridized carbons (Fsp3) is 0.462. The monoisotopic (exact) mass is 451 g/mol. The van der Waals surface area contributed by atoms with Crippen LogP contribution in [0.2, 0.25) is 0 Å². The molecule has 0 bridgehead atoms. The molecule has 2 aromatic rings. The van der Waals surface area contributed by atoms with E-state index in [2.05, 4.69) is 29.2 Å². The van der Waals surface area contributed by atoms with E-state index in [1.165, 1.54) is 5.56 Å². The molecule has 2 fully saturated rings. The van der Waals surface area contributed by atoms with Gasteiger partial charge in [-0.05, 0) is 30.5 Å². The Bertz CT molecular complexity index is 927. The van der Waals surface area contributed by atoms with Crippen LogP contribution in [0.4, 0.5) is 0 Å². The zero-order valence-electron chi connectivity index (χ0n) is 19.5. The third-order valence-corrected chi connectivity index (χ3v) is 6.71. The van der Waals surface area contributed by atoms with E-state index in [1.807, 2.05) is 15.9 Å². The van der Waals surface area contributed by atoms with E-state index in [9.17, 15) is 9.59 Å². The molecule has 2 aromatic carbocycles. The fourth-order valence-corrected chi connectivity index (χ4v) is 4.78. The van der Waals surface area contributed by atoms with E-state index in [0.717, 1.165) is 32.7 Å². The SMILES string of the molecule is COc1cccc(OC)c1C(=O)N1CCC(C(=O)N2CCN(Cc3ccccc3)CC2)CC1. The number of piperidine rings is 1. The zero-order chi connectivity index (χ0) is 23.2. The van der Waals surface area contributed by atoms with Crippen LogP contribution in [-0.2, 0) is 11.3 Å². The number of nitrogens with zero attached hydrogens (tertiary/aromatic N) is 3. The van der Waals surface area contributed by atoms with Gasteiger partial charge in [-0.15, -0.1) is 0 Å². The Morgan fingerprint density at radius 1 is 0.788 bits per heavy atom. The molecule has 0 spiro atoms. The van der Waals surface area contributed by atoms with Gasteiger partial charge in [0.25, 0.3) is 5.91 Å². The minimum atomic E-state index is -0.107. The minimum absolute atomic E-state index is 0.0192. The Morgan fingerprint density at radius 2 is 1.39 bits per heavy atom. The van der Waals surface area contributed by atoms with E-state index in [1.54, 1.807) is 32.4 Å². The molecule has 7 heteroatoms. The van der Waals surface area contributed by atoms with Crippen molar-refractivity contribution in [3.05, 3.63) is 59.7 Å². The van der Waals surface area contributed by atoms with Gasteiger partial charge < -0.3 is 19.3 Å². The summed E-state index contributed by atoms with van der Waals surface area (Å²) in [6.07, 6.45) is 1.37. The average Bonchev–Trinajstić information content (AvgIpc) is 2.88. The largest absolute Gasteiger partial charge is 0.496 e. The van der Waals surface area contributed by atoms with E-state index in [0.29, 0.717) is 43.0 Å². The first kappa shape index (κ1) is 23.1. The summed E-state index contributed by atoms with van der Waals surface area (Å²) in [5.74, 6) is 1.12. The smallest absolute Gasteiger partial charge is 0.261 e. The van der Waals surface area contributed by atoms with Crippen LogP contribution in [0.5, 0.6) is 11.5 Å². The molecule has 2 aliphatic heterocycles. The number of piperazine rings is 1. The maximum absolute atomic E-state index is 13.2. The van der Waals surface area contributed by atoms with Crippen LogP contribution in [-0.4, -0.2) is 80.0 Å². The first-order valence-corrected chi connectivity index (χ1v) is 11.7. The number of carbonyl (C=O) groups excluding carboxylic acids is 2. The highest BCUT2D eigenvalue weighted by atomic mass is 16.5. The molecule has 4 rings (SSSR count). The van der Waals surface area contributed by atoms with E-state index in [4.69, 9.17) is 9.47 Å². The Kier molecular flexibility index (Phi) is 7.50. The lowest BCUT2D eigenvalue weighted by atomic mass is 9.94. The lowest BCUT2D eigenvalue weighted by molar-refractivity contribution is -0.138. The van der Waals surface area contributed by atoms with Gasteiger partial charge in [0.1, 0.15) is 17.1 Å². The second-order valence-corrected chi connectivity index (χ2v) is 8.69. The topological polar surface area (TPSA) is 62.3 Å². The van der Waals surface area contributed by atoms with Crippen molar-refractivity contribution < 1.29 is 19.1 Å². The lowest BCUT2D eigenvalue weighted by Crippen LogP contribution is -2.51. The Labute approximate surface area is 195 Å². The van der Waals surface area contributed by atoms with Gasteiger partial charge in [-0.2, -0.15) is 0 Å². The second kappa shape index (κ2) is 10.7. The van der Waals surface area contributed by atoms with Crippen molar-refractivity contribution in [3.63, 3.8) is 0 Å². The average molecular weight is 452 g/mol. The summed E-state index contributed by atoms with van der Waals surface area (Å²) in [6.45, 7) is 5.37. The van der Waals surface area contributed by atoms with Crippen molar-refractivity contribution >= 4 is 11.8 Å². The molecule has 0 atom stereocenters. The second-order valence-electron chi connectivity index (χ2n) is 8.69. The summed E-state index contributed by atoms with van der Waals surface area (Å²) >= 11 is 0. The van der Waals surface area contributed by atoms with Crippen LogP contribution in [0.25, 0.3) is 0 Å². The number of amides is 2. The maximum atomic E-state index is 13.2. The maximum Gasteiger partial charge on any atom is 0.261 e. The number of likely N-dealkylation sites (tertiary alicyclic amines) is 1. The molecule has 176 valence electrons. The van der Waals surface area contributed by atoms with Crippen LogP contribution in [0.3, 0.4) is 0 Å². The van der Waals surface area contributed by atoms with Gasteiger partial charge in [-0.25, -0.2) is 0 Å². The molecule has 7 nitrogen and oxygen atoms in total. The third kappa shape index (κ3) is 5.30. The van der Waals surface area contributed by atoms with Crippen LogP contribution in [0.15, 0.2) is 48.5 Å². The van der Waals surface area contributed by atoms with Gasteiger partial charge in [0.15, 0.2) is 0 Å². The summed E-state index contributed by atoms with van der Waals surface area (Å²) in [5, 5.41) is 0. The molecule has 0 saturated carbocycles. The number of carbonyl (C=O) groups is 2. The molecule has 2 heterocycles. The molecule has 2 aliphatic rings. The highest BCUT2D eigenvalue weighted by Crippen LogP contribution is 2.31. The summed E-state index contributed by atoms with van der Waals surface area (Å²) in [6, 6.07) is 15.8. The van der Waals surface area contributed by atoms with Gasteiger partial charge in [0, 0.05) is 51.7 Å². The molecule has 0 N–H and O–H groups in total. The molecule has 0 radical (unpaired) electrons. The fourth-order valence-electron chi connectivity index (χ4n) is 4.78. The van der Waals surface area contributed by atoms with Gasteiger partial charge >= 0.3 is 0 Å². The molecular weight excluding hydrogens is 418 g/mol. The Hall–Kier alpha value is -3.06. The van der Waals surface area contributed by atoms with E-state index >= 15 is 0 Å². The van der Waals surface area contributed by atoms with Crippen molar-refractivity contribution in [2.75, 3.05) is 53.5 Å². The van der Waals surface area contributed by atoms with Crippen LogP contribution in [0.1, 0.15) is 28.8 Å². The molecule has 2 amide bonds. The van der Waals surface area contributed by atoms with Crippen molar-refractivity contribution in [3.8, 4) is 11.5 Å². The van der Waals surface area contributed by atoms with Gasteiger partial charge in [-0.1, -0.05) is 36.4 Å². The predicted molar refractivity (Wildman–Crippen MR) is 126 cm³/mol. The number of ether oxygens (including phenoxy) is 2. The lowest BCUT2D eigenvalue weighted by Gasteiger charge is -2.38. The van der Waals surface area contributed by atoms with Gasteiger partial charge in [0.2, 0.25) is 5.91 Å². The van der Waals surface area contributed by atoms with Crippen molar-refractivity contribution in [1.29, 1.82) is 0 Å². The van der Waals surface area contributed by atoms with E-state index in [-0.39, 0.29) is 17.7 Å². The third-order valence-electron chi connectivity index (χ3n) is 6.71. The van der Waals surface area contributed by atoms with Gasteiger partial charge in [-0.3, -0.25) is 14.5 Å². The number of rotatable bonds is 6. The Morgan fingerprint density at radius 3 is 1.97 bits per heavy atom. The summed E-state index contributed by atoms with van der Waals surface area (Å²) in [7, 11) is 3.10. The van der Waals surface area contributed by atoms with Crippen molar-refractivity contribution in [2.24, 2.45) is 5.92 Å². The molecule has 0 unspecified atom stereocenters. The Balaban J connectivity index is 1.29. The summed E-state index contributed by atoms with van der Waals surface area (Å²) in [5.41, 5.74) is 1.75. The van der Waals surface area contributed by atoms with Crippen LogP contribution >= 0.6 is 0 Å². The first-order valence-electron chi connectivity index (χ1n) is 11.7. The van der Waals surface area contributed by atoms with Crippen molar-refractivity contribution in [1.82, 2.24) is 14.7 Å². The quantitative estimate of drug-likeness (QED) is 0.676. The molecule has 33 heavy (non-hydrogen) atoms. The first-order chi connectivity index (χ1) is 16.1. The highest BCUT2D eigenvalue weighted by molar-refractivity contribution is 6.00. The summed E-state index contributed by atoms with van der Waals surface area (Å²) in [4.78, 5) is 32.5. The zero-order valence-corrected chi connectivity index (χ0v) is 19.5. The standard InChI is InChI=1S/C26H33N3O4/c1-32-22-9-6-10-23(33-2)24(22)26(31)28-13-11-21(12-14-28)25(30)29-17-15-27(16-18-29)19-20-7-4-3-5-8-20/h3-10,21H,11-19H2,1-2H3. The van der Waals surface area contributed by atoms with Crippen LogP contribution < -0.4 is 9.47 Å². The normalized spacial score (nSPS) is 17.6. The number of hydrogen-bond acceptors (Lipinski definition) is 5. The highest BCUT2D eigenvalue weighted by Gasteiger charge is 2.33. The molecule has 0 aromatic heterocycles. The summed E-state index contributed by atoms with van der Waals surface area (Å²) < 4.78 is 10.8. The number of benzene rings is 2. The predicted octanol–water partition coefficient (Wildman–Crippen LogP) is 2.90. The minimum Gasteiger partial charge on any atom is -0.496 e. The number of methoxy groups -OCH3 is 2. The molecular formula is C26H33N3O4. The van der Waals surface area contributed by atoms with Gasteiger partial charge in [0.05, 0.1) is 14.2 Å². The van der Waals surface area contributed by atoms with Crippen LogP contribution in [0, 0.1) is 5.92 Å². The van der Waals surface area contributed by atoms with E-state index < -0.39 is 0 Å². The number of hydrogen-bond donors (Lipinski definition) is 0.